The van der Waals surface area contributed by atoms with E-state index in [2.05, 4.69) is 4.98 Å². The maximum Gasteiger partial charge on any atom is 0.246 e. The van der Waals surface area contributed by atoms with Crippen molar-refractivity contribution in [2.45, 2.75) is 26.5 Å². The van der Waals surface area contributed by atoms with Crippen molar-refractivity contribution in [2.75, 3.05) is 7.05 Å². The predicted molar refractivity (Wildman–Crippen MR) is 114 cm³/mol. The monoisotopic (exact) mass is 392 g/mol. The molecule has 144 valence electrons. The number of benzene rings is 2. The van der Waals surface area contributed by atoms with Gasteiger partial charge in [-0.15, -0.1) is 11.3 Å². The van der Waals surface area contributed by atoms with E-state index in [1.54, 1.807) is 28.4 Å². The molecule has 0 fully saturated rings. The molecule has 0 bridgehead atoms. The first-order valence-electron chi connectivity index (χ1n) is 9.17. The van der Waals surface area contributed by atoms with Crippen LogP contribution in [0.5, 0.6) is 5.75 Å². The summed E-state index contributed by atoms with van der Waals surface area (Å²) in [7, 11) is 1.82. The Bertz CT molecular complexity index is 950. The van der Waals surface area contributed by atoms with E-state index >= 15 is 0 Å². The number of hydrogen-bond donors (Lipinski definition) is 0. The van der Waals surface area contributed by atoms with Crippen molar-refractivity contribution < 1.29 is 9.53 Å². The number of thiazole rings is 1. The molecule has 0 radical (unpaired) electrons. The molecule has 28 heavy (non-hydrogen) atoms. The lowest BCUT2D eigenvalue weighted by Gasteiger charge is -2.24. The van der Waals surface area contributed by atoms with Gasteiger partial charge in [-0.3, -0.25) is 4.79 Å². The predicted octanol–water partition coefficient (Wildman–Crippen LogP) is 5.26. The van der Waals surface area contributed by atoms with Crippen LogP contribution in [0.15, 0.2) is 66.1 Å². The van der Waals surface area contributed by atoms with Crippen molar-refractivity contribution in [3.05, 3.63) is 87.9 Å². The van der Waals surface area contributed by atoms with Crippen molar-refractivity contribution in [3.8, 4) is 5.75 Å². The minimum absolute atomic E-state index is 0.00208. The van der Waals surface area contributed by atoms with Crippen molar-refractivity contribution in [3.63, 3.8) is 0 Å². The largest absolute Gasteiger partial charge is 0.487 e. The Morgan fingerprint density at radius 2 is 1.89 bits per heavy atom. The SMILES string of the molecule is Cc1nc(COc2ccccc2/C=C/C(=O)N(C)C(C)c2ccccc2)cs1. The van der Waals surface area contributed by atoms with Gasteiger partial charge >= 0.3 is 0 Å². The van der Waals surface area contributed by atoms with Crippen LogP contribution in [0.25, 0.3) is 6.08 Å². The van der Waals surface area contributed by atoms with Crippen LogP contribution in [0.2, 0.25) is 0 Å². The molecule has 0 saturated heterocycles. The maximum atomic E-state index is 12.6. The van der Waals surface area contributed by atoms with Gasteiger partial charge in [0.2, 0.25) is 5.91 Å². The summed E-state index contributed by atoms with van der Waals surface area (Å²) in [5.41, 5.74) is 2.88. The summed E-state index contributed by atoms with van der Waals surface area (Å²) in [4.78, 5) is 18.8. The number of amides is 1. The Morgan fingerprint density at radius 3 is 2.61 bits per heavy atom. The zero-order valence-electron chi connectivity index (χ0n) is 16.3. The Balaban J connectivity index is 1.67. The van der Waals surface area contributed by atoms with Gasteiger partial charge in [0.15, 0.2) is 0 Å². The van der Waals surface area contributed by atoms with Crippen molar-refractivity contribution >= 4 is 23.3 Å². The van der Waals surface area contributed by atoms with Crippen LogP contribution in [-0.2, 0) is 11.4 Å². The average Bonchev–Trinajstić information content (AvgIpc) is 3.15. The Labute approximate surface area is 170 Å². The number of ether oxygens (including phenoxy) is 1. The van der Waals surface area contributed by atoms with Crippen LogP contribution >= 0.6 is 11.3 Å². The fraction of sp³-hybridized carbons (Fsp3) is 0.217. The van der Waals surface area contributed by atoms with E-state index in [1.807, 2.05) is 80.9 Å². The summed E-state index contributed by atoms with van der Waals surface area (Å²) in [5, 5.41) is 3.02. The minimum atomic E-state index is -0.0544. The summed E-state index contributed by atoms with van der Waals surface area (Å²) < 4.78 is 5.91. The average molecular weight is 393 g/mol. The Hall–Kier alpha value is -2.92. The highest BCUT2D eigenvalue weighted by atomic mass is 32.1. The second-order valence-corrected chi connectivity index (χ2v) is 7.62. The van der Waals surface area contributed by atoms with E-state index in [1.165, 1.54) is 0 Å². The highest BCUT2D eigenvalue weighted by molar-refractivity contribution is 7.09. The van der Waals surface area contributed by atoms with E-state index in [0.717, 1.165) is 27.6 Å². The molecule has 0 aliphatic carbocycles. The molecule has 0 aliphatic rings. The number of aryl methyl sites for hydroxylation is 1. The normalized spacial score (nSPS) is 12.1. The van der Waals surface area contributed by atoms with Crippen molar-refractivity contribution in [1.82, 2.24) is 9.88 Å². The summed E-state index contributed by atoms with van der Waals surface area (Å²) in [6.07, 6.45) is 3.40. The second-order valence-electron chi connectivity index (χ2n) is 6.55. The van der Waals surface area contributed by atoms with Gasteiger partial charge in [-0.25, -0.2) is 4.98 Å². The molecule has 0 saturated carbocycles. The summed E-state index contributed by atoms with van der Waals surface area (Å²) in [6.45, 7) is 4.41. The molecule has 1 unspecified atom stereocenters. The van der Waals surface area contributed by atoms with Gasteiger partial charge in [-0.1, -0.05) is 48.5 Å². The molecule has 0 N–H and O–H groups in total. The first-order valence-corrected chi connectivity index (χ1v) is 10.0. The van der Waals surface area contributed by atoms with E-state index in [0.29, 0.717) is 6.61 Å². The number of nitrogens with zero attached hydrogens (tertiary/aromatic N) is 2. The van der Waals surface area contributed by atoms with Gasteiger partial charge in [-0.2, -0.15) is 0 Å². The van der Waals surface area contributed by atoms with E-state index in [9.17, 15) is 4.79 Å². The van der Waals surface area contributed by atoms with E-state index in [-0.39, 0.29) is 11.9 Å². The number of rotatable bonds is 7. The summed E-state index contributed by atoms with van der Waals surface area (Å²) >= 11 is 1.61. The molecule has 1 heterocycles. The van der Waals surface area contributed by atoms with Gasteiger partial charge in [-0.05, 0) is 31.6 Å². The van der Waals surface area contributed by atoms with Gasteiger partial charge in [0, 0.05) is 24.1 Å². The van der Waals surface area contributed by atoms with E-state index < -0.39 is 0 Å². The lowest BCUT2D eigenvalue weighted by Crippen LogP contribution is -2.27. The fourth-order valence-electron chi connectivity index (χ4n) is 2.80. The van der Waals surface area contributed by atoms with Crippen LogP contribution in [0, 0.1) is 6.92 Å². The third-order valence-electron chi connectivity index (χ3n) is 4.58. The summed E-state index contributed by atoms with van der Waals surface area (Å²) in [6, 6.07) is 17.7. The highest BCUT2D eigenvalue weighted by Gasteiger charge is 2.15. The number of para-hydroxylation sites is 1. The smallest absolute Gasteiger partial charge is 0.246 e. The number of carbonyl (C=O) groups is 1. The lowest BCUT2D eigenvalue weighted by molar-refractivity contribution is -0.126. The maximum absolute atomic E-state index is 12.6. The molecule has 4 nitrogen and oxygen atoms in total. The first-order chi connectivity index (χ1) is 13.5. The van der Waals surface area contributed by atoms with Gasteiger partial charge in [0.1, 0.15) is 12.4 Å². The third kappa shape index (κ3) is 5.08. The lowest BCUT2D eigenvalue weighted by atomic mass is 10.1. The molecule has 3 aromatic rings. The van der Waals surface area contributed by atoms with Crippen molar-refractivity contribution in [2.24, 2.45) is 0 Å². The number of hydrogen-bond acceptors (Lipinski definition) is 4. The van der Waals surface area contributed by atoms with Crippen LogP contribution < -0.4 is 4.74 Å². The minimum Gasteiger partial charge on any atom is -0.487 e. The van der Waals surface area contributed by atoms with E-state index in [4.69, 9.17) is 4.74 Å². The molecule has 1 aromatic heterocycles. The van der Waals surface area contributed by atoms with Crippen molar-refractivity contribution in [1.29, 1.82) is 0 Å². The molecular weight excluding hydrogens is 368 g/mol. The van der Waals surface area contributed by atoms with Crippen LogP contribution in [0.4, 0.5) is 0 Å². The zero-order valence-corrected chi connectivity index (χ0v) is 17.1. The molecule has 5 heteroatoms. The molecule has 1 amide bonds. The van der Waals surface area contributed by atoms with Gasteiger partial charge < -0.3 is 9.64 Å². The topological polar surface area (TPSA) is 42.4 Å². The number of likely N-dealkylation sites (N-methyl/N-ethyl adjacent to an activating group) is 1. The van der Waals surface area contributed by atoms with Crippen LogP contribution in [0.3, 0.4) is 0 Å². The molecule has 2 aromatic carbocycles. The molecule has 3 rings (SSSR count). The Kier molecular flexibility index (Phi) is 6.61. The summed E-state index contributed by atoms with van der Waals surface area (Å²) in [5.74, 6) is 0.678. The molecule has 1 atom stereocenters. The zero-order chi connectivity index (χ0) is 19.9. The highest BCUT2D eigenvalue weighted by Crippen LogP contribution is 2.22. The van der Waals surface area contributed by atoms with Gasteiger partial charge in [0.25, 0.3) is 0 Å². The van der Waals surface area contributed by atoms with Crippen LogP contribution in [-0.4, -0.2) is 22.8 Å². The third-order valence-corrected chi connectivity index (χ3v) is 5.40. The second kappa shape index (κ2) is 9.33. The van der Waals surface area contributed by atoms with Gasteiger partial charge in [0.05, 0.1) is 16.7 Å². The first kappa shape index (κ1) is 19.8. The van der Waals surface area contributed by atoms with Crippen LogP contribution in [0.1, 0.15) is 34.8 Å². The number of aromatic nitrogens is 1. The Morgan fingerprint density at radius 1 is 1.18 bits per heavy atom. The standard InChI is InChI=1S/C23H24N2O2S/c1-17(19-9-5-4-6-10-19)25(3)23(26)14-13-20-11-7-8-12-22(20)27-15-21-16-28-18(2)24-21/h4-14,16-17H,15H2,1-3H3/b14-13+. The molecule has 0 spiro atoms. The number of carbonyl (C=O) groups excluding carboxylic acids is 1. The molecule has 0 aliphatic heterocycles. The quantitative estimate of drug-likeness (QED) is 0.515. The fourth-order valence-corrected chi connectivity index (χ4v) is 3.40. The molecular formula is C23H24N2O2S.